The number of methoxy groups -OCH3 is 1. The van der Waals surface area contributed by atoms with Gasteiger partial charge in [0, 0.05) is 17.7 Å². The first kappa shape index (κ1) is 16.4. The van der Waals surface area contributed by atoms with E-state index in [2.05, 4.69) is 26.3 Å². The van der Waals surface area contributed by atoms with Crippen LogP contribution in [0, 0.1) is 5.82 Å². The minimum absolute atomic E-state index is 0.315. The first-order chi connectivity index (χ1) is 10.1. The predicted octanol–water partition coefficient (Wildman–Crippen LogP) is 3.39. The summed E-state index contributed by atoms with van der Waals surface area (Å²) in [5.74, 6) is -0.315. The summed E-state index contributed by atoms with van der Waals surface area (Å²) in [6, 6.07) is 4.16. The summed E-state index contributed by atoms with van der Waals surface area (Å²) in [6.07, 6.45) is 1.69. The van der Waals surface area contributed by atoms with E-state index in [0.717, 1.165) is 10.2 Å². The molecule has 0 saturated heterocycles. The Hall–Kier alpha value is -0.950. The van der Waals surface area contributed by atoms with Crippen LogP contribution < -0.4 is 5.32 Å². The monoisotopic (exact) mass is 375 g/mol. The molecule has 114 valence electrons. The molecule has 1 heterocycles. The maximum atomic E-state index is 14.1. The molecule has 0 aliphatic heterocycles. The third kappa shape index (κ3) is 3.63. The SMILES string of the molecule is CNC(c1cc(Cl)ccc1F)c1c(Br)cnn1CCOC. The van der Waals surface area contributed by atoms with Crippen LogP contribution in [0.5, 0.6) is 0 Å². The molecule has 1 N–H and O–H groups in total. The molecule has 4 nitrogen and oxygen atoms in total. The van der Waals surface area contributed by atoms with Gasteiger partial charge in [-0.1, -0.05) is 11.6 Å². The first-order valence-corrected chi connectivity index (χ1v) is 7.58. The van der Waals surface area contributed by atoms with E-state index in [0.29, 0.717) is 23.7 Å². The summed E-state index contributed by atoms with van der Waals surface area (Å²) in [6.45, 7) is 1.10. The summed E-state index contributed by atoms with van der Waals surface area (Å²) in [5.41, 5.74) is 1.31. The average molecular weight is 377 g/mol. The minimum atomic E-state index is -0.363. The summed E-state index contributed by atoms with van der Waals surface area (Å²) >= 11 is 9.47. The molecule has 0 aliphatic rings. The van der Waals surface area contributed by atoms with Crippen molar-refractivity contribution >= 4 is 27.5 Å². The molecule has 1 aromatic carbocycles. The lowest BCUT2D eigenvalue weighted by atomic mass is 10.0. The average Bonchev–Trinajstić information content (AvgIpc) is 2.83. The third-order valence-corrected chi connectivity index (χ3v) is 4.02. The van der Waals surface area contributed by atoms with Gasteiger partial charge in [0.1, 0.15) is 5.82 Å². The Kier molecular flexibility index (Phi) is 5.75. The van der Waals surface area contributed by atoms with E-state index in [-0.39, 0.29) is 11.9 Å². The minimum Gasteiger partial charge on any atom is -0.383 e. The predicted molar refractivity (Wildman–Crippen MR) is 84.1 cm³/mol. The quantitative estimate of drug-likeness (QED) is 0.840. The van der Waals surface area contributed by atoms with Crippen LogP contribution in [0.25, 0.3) is 0 Å². The molecule has 0 amide bonds. The molecule has 0 radical (unpaired) electrons. The molecular formula is C14H16BrClFN3O. The van der Waals surface area contributed by atoms with Gasteiger partial charge in [0.05, 0.1) is 35.6 Å². The summed E-state index contributed by atoms with van der Waals surface area (Å²) in [5, 5.41) is 7.90. The highest BCUT2D eigenvalue weighted by atomic mass is 79.9. The fourth-order valence-electron chi connectivity index (χ4n) is 2.19. The zero-order valence-corrected chi connectivity index (χ0v) is 14.1. The second-order valence-electron chi connectivity index (χ2n) is 4.48. The summed E-state index contributed by atoms with van der Waals surface area (Å²) in [7, 11) is 3.40. The number of halogens is 3. The van der Waals surface area contributed by atoms with Crippen LogP contribution in [-0.4, -0.2) is 30.5 Å². The number of aromatic nitrogens is 2. The highest BCUT2D eigenvalue weighted by Gasteiger charge is 2.23. The lowest BCUT2D eigenvalue weighted by Crippen LogP contribution is -2.24. The normalized spacial score (nSPS) is 12.6. The van der Waals surface area contributed by atoms with Gasteiger partial charge >= 0.3 is 0 Å². The van der Waals surface area contributed by atoms with Crippen LogP contribution >= 0.6 is 27.5 Å². The van der Waals surface area contributed by atoms with Crippen LogP contribution in [0.1, 0.15) is 17.3 Å². The smallest absolute Gasteiger partial charge is 0.128 e. The molecule has 0 aliphatic carbocycles. The van der Waals surface area contributed by atoms with Crippen molar-refractivity contribution in [3.05, 3.63) is 51.0 Å². The number of ether oxygens (including phenoxy) is 1. The van der Waals surface area contributed by atoms with Gasteiger partial charge in [0.15, 0.2) is 0 Å². The number of nitrogens with one attached hydrogen (secondary N) is 1. The van der Waals surface area contributed by atoms with Gasteiger partial charge in [0.2, 0.25) is 0 Å². The van der Waals surface area contributed by atoms with Crippen molar-refractivity contribution in [2.75, 3.05) is 20.8 Å². The maximum absolute atomic E-state index is 14.1. The Morgan fingerprint density at radius 2 is 2.29 bits per heavy atom. The first-order valence-electron chi connectivity index (χ1n) is 6.40. The molecule has 7 heteroatoms. The van der Waals surface area contributed by atoms with Crippen LogP contribution in [0.2, 0.25) is 5.02 Å². The van der Waals surface area contributed by atoms with Gasteiger partial charge in [0.25, 0.3) is 0 Å². The highest BCUT2D eigenvalue weighted by Crippen LogP contribution is 2.31. The van der Waals surface area contributed by atoms with Crippen molar-refractivity contribution in [3.8, 4) is 0 Å². The Labute approximate surface area is 136 Å². The van der Waals surface area contributed by atoms with Crippen molar-refractivity contribution in [3.63, 3.8) is 0 Å². The Morgan fingerprint density at radius 3 is 2.95 bits per heavy atom. The molecule has 21 heavy (non-hydrogen) atoms. The largest absolute Gasteiger partial charge is 0.383 e. The molecule has 2 rings (SSSR count). The van der Waals surface area contributed by atoms with Crippen molar-refractivity contribution in [2.24, 2.45) is 0 Å². The number of benzene rings is 1. The lowest BCUT2D eigenvalue weighted by molar-refractivity contribution is 0.182. The van der Waals surface area contributed by atoms with Crippen LogP contribution in [-0.2, 0) is 11.3 Å². The van der Waals surface area contributed by atoms with Gasteiger partial charge in [-0.05, 0) is 41.2 Å². The van der Waals surface area contributed by atoms with Crippen molar-refractivity contribution in [1.82, 2.24) is 15.1 Å². The van der Waals surface area contributed by atoms with Gasteiger partial charge in [-0.25, -0.2) is 4.39 Å². The van der Waals surface area contributed by atoms with E-state index in [4.69, 9.17) is 16.3 Å². The van der Waals surface area contributed by atoms with E-state index in [1.165, 1.54) is 12.1 Å². The van der Waals surface area contributed by atoms with E-state index in [1.54, 1.807) is 31.1 Å². The van der Waals surface area contributed by atoms with E-state index >= 15 is 0 Å². The van der Waals surface area contributed by atoms with Crippen molar-refractivity contribution < 1.29 is 9.13 Å². The van der Waals surface area contributed by atoms with E-state index in [9.17, 15) is 4.39 Å². The molecular weight excluding hydrogens is 361 g/mol. The van der Waals surface area contributed by atoms with E-state index in [1.807, 2.05) is 0 Å². The number of rotatable bonds is 6. The zero-order chi connectivity index (χ0) is 15.4. The third-order valence-electron chi connectivity index (χ3n) is 3.17. The van der Waals surface area contributed by atoms with Crippen LogP contribution in [0.3, 0.4) is 0 Å². The van der Waals surface area contributed by atoms with E-state index < -0.39 is 0 Å². The molecule has 1 atom stereocenters. The molecule has 0 spiro atoms. The van der Waals surface area contributed by atoms with Crippen molar-refractivity contribution in [2.45, 2.75) is 12.6 Å². The summed E-state index contributed by atoms with van der Waals surface area (Å²) in [4.78, 5) is 0. The molecule has 1 unspecified atom stereocenters. The lowest BCUT2D eigenvalue weighted by Gasteiger charge is -2.20. The van der Waals surface area contributed by atoms with Gasteiger partial charge in [-0.2, -0.15) is 5.10 Å². The molecule has 0 saturated carbocycles. The van der Waals surface area contributed by atoms with Crippen molar-refractivity contribution in [1.29, 1.82) is 0 Å². The van der Waals surface area contributed by atoms with Gasteiger partial charge < -0.3 is 10.1 Å². The second kappa shape index (κ2) is 7.35. The summed E-state index contributed by atoms with van der Waals surface area (Å²) < 4.78 is 21.8. The fraction of sp³-hybridized carbons (Fsp3) is 0.357. The molecule has 1 aromatic heterocycles. The number of hydrogen-bond donors (Lipinski definition) is 1. The van der Waals surface area contributed by atoms with Crippen LogP contribution in [0.4, 0.5) is 4.39 Å². The Bertz CT molecular complexity index is 620. The topological polar surface area (TPSA) is 39.1 Å². The second-order valence-corrected chi connectivity index (χ2v) is 5.77. The standard InChI is InChI=1S/C14H16BrClFN3O/c1-18-13(10-7-9(16)3-4-12(10)17)14-11(15)8-19-20(14)5-6-21-2/h3-4,7-8,13,18H,5-6H2,1-2H3. The van der Waals surface area contributed by atoms with Gasteiger partial charge in [-0.15, -0.1) is 0 Å². The Morgan fingerprint density at radius 1 is 1.52 bits per heavy atom. The maximum Gasteiger partial charge on any atom is 0.128 e. The Balaban J connectivity index is 2.46. The molecule has 2 aromatic rings. The number of hydrogen-bond acceptors (Lipinski definition) is 3. The van der Waals surface area contributed by atoms with Gasteiger partial charge in [-0.3, -0.25) is 4.68 Å². The molecule has 0 bridgehead atoms. The fourth-order valence-corrected chi connectivity index (χ4v) is 2.90. The molecule has 0 fully saturated rings. The highest BCUT2D eigenvalue weighted by molar-refractivity contribution is 9.10. The number of nitrogens with zero attached hydrogens (tertiary/aromatic N) is 2. The van der Waals surface area contributed by atoms with Crippen LogP contribution in [0.15, 0.2) is 28.9 Å². The zero-order valence-electron chi connectivity index (χ0n) is 11.7.